The maximum absolute atomic E-state index is 12.2. The molecule has 2 heterocycles. The molecule has 5 nitrogen and oxygen atoms in total. The zero-order valence-electron chi connectivity index (χ0n) is 12.3. The fraction of sp³-hybridized carbons (Fsp3) is 0.533. The van der Waals surface area contributed by atoms with Crippen molar-refractivity contribution in [1.82, 2.24) is 14.9 Å². The van der Waals surface area contributed by atoms with Crippen molar-refractivity contribution in [3.05, 3.63) is 30.5 Å². The van der Waals surface area contributed by atoms with Crippen molar-refractivity contribution in [2.45, 2.75) is 45.6 Å². The molecule has 0 aliphatic carbocycles. The zero-order chi connectivity index (χ0) is 14.6. The van der Waals surface area contributed by atoms with Crippen molar-refractivity contribution in [2.75, 3.05) is 6.54 Å². The van der Waals surface area contributed by atoms with Gasteiger partial charge in [-0.3, -0.25) is 4.90 Å². The van der Waals surface area contributed by atoms with Gasteiger partial charge in [-0.1, -0.05) is 0 Å². The minimum Gasteiger partial charge on any atom is -0.443 e. The summed E-state index contributed by atoms with van der Waals surface area (Å²) in [6.07, 6.45) is 9.56. The van der Waals surface area contributed by atoms with Crippen LogP contribution < -0.4 is 0 Å². The van der Waals surface area contributed by atoms with Gasteiger partial charge in [-0.25, -0.2) is 14.8 Å². The summed E-state index contributed by atoms with van der Waals surface area (Å²) in [4.78, 5) is 21.9. The van der Waals surface area contributed by atoms with E-state index in [1.807, 2.05) is 27.0 Å². The Kier molecular flexibility index (Phi) is 4.37. The first-order valence-electron chi connectivity index (χ1n) is 6.91. The van der Waals surface area contributed by atoms with E-state index < -0.39 is 5.60 Å². The minimum atomic E-state index is -0.479. The van der Waals surface area contributed by atoms with Crippen LogP contribution in [0.5, 0.6) is 0 Å². The van der Waals surface area contributed by atoms with E-state index in [2.05, 4.69) is 9.97 Å². The van der Waals surface area contributed by atoms with Crippen molar-refractivity contribution in [3.8, 4) is 0 Å². The summed E-state index contributed by atoms with van der Waals surface area (Å²) in [6.45, 7) is 6.31. The summed E-state index contributed by atoms with van der Waals surface area (Å²) in [5.74, 6) is 0. The molecule has 1 aliphatic rings. The number of allylic oxidation sites excluding steroid dienone is 1. The van der Waals surface area contributed by atoms with E-state index in [1.165, 1.54) is 6.33 Å². The molecule has 0 saturated heterocycles. The number of amides is 1. The standard InChI is InChI=1S/C15H21N3O2/c1-15(2,3)20-14(19)18-7-5-4-6-12(10-18)13-8-16-11-17-9-13/h8-11H,4-7H2,1-3H3. The van der Waals surface area contributed by atoms with Crippen molar-refractivity contribution < 1.29 is 9.53 Å². The lowest BCUT2D eigenvalue weighted by molar-refractivity contribution is 0.0336. The maximum Gasteiger partial charge on any atom is 0.414 e. The van der Waals surface area contributed by atoms with Gasteiger partial charge in [0.05, 0.1) is 0 Å². The Morgan fingerprint density at radius 1 is 1.25 bits per heavy atom. The molecular weight excluding hydrogens is 254 g/mol. The van der Waals surface area contributed by atoms with Gasteiger partial charge in [0.1, 0.15) is 11.9 Å². The molecule has 1 aliphatic heterocycles. The Balaban J connectivity index is 2.18. The normalized spacial score (nSPS) is 16.4. The van der Waals surface area contributed by atoms with Gasteiger partial charge in [0.2, 0.25) is 0 Å². The van der Waals surface area contributed by atoms with Gasteiger partial charge in [0.25, 0.3) is 0 Å². The Bertz CT molecular complexity index is 492. The highest BCUT2D eigenvalue weighted by Crippen LogP contribution is 2.24. The van der Waals surface area contributed by atoms with Crippen LogP contribution in [-0.4, -0.2) is 33.1 Å². The van der Waals surface area contributed by atoms with Crippen LogP contribution in [0.4, 0.5) is 4.79 Å². The summed E-state index contributed by atoms with van der Waals surface area (Å²) in [7, 11) is 0. The van der Waals surface area contributed by atoms with Crippen LogP contribution in [0.15, 0.2) is 24.9 Å². The molecule has 0 saturated carbocycles. The number of rotatable bonds is 1. The largest absolute Gasteiger partial charge is 0.443 e. The first kappa shape index (κ1) is 14.5. The lowest BCUT2D eigenvalue weighted by Crippen LogP contribution is -2.33. The molecule has 1 aromatic rings. The first-order chi connectivity index (χ1) is 9.46. The Morgan fingerprint density at radius 3 is 2.60 bits per heavy atom. The molecule has 2 rings (SSSR count). The molecule has 5 heteroatoms. The Hall–Kier alpha value is -1.91. The average Bonchev–Trinajstić information content (AvgIpc) is 2.63. The number of hydrogen-bond donors (Lipinski definition) is 0. The van der Waals surface area contributed by atoms with Crippen LogP contribution in [0, 0.1) is 0 Å². The topological polar surface area (TPSA) is 55.3 Å². The molecule has 0 radical (unpaired) electrons. The van der Waals surface area contributed by atoms with Crippen molar-refractivity contribution in [1.29, 1.82) is 0 Å². The highest BCUT2D eigenvalue weighted by atomic mass is 16.6. The molecule has 0 atom stereocenters. The van der Waals surface area contributed by atoms with Crippen LogP contribution >= 0.6 is 0 Å². The van der Waals surface area contributed by atoms with E-state index in [9.17, 15) is 4.79 Å². The van der Waals surface area contributed by atoms with Gasteiger partial charge in [0, 0.05) is 30.7 Å². The summed E-state index contributed by atoms with van der Waals surface area (Å²) < 4.78 is 5.43. The lowest BCUT2D eigenvalue weighted by Gasteiger charge is -2.25. The quantitative estimate of drug-likeness (QED) is 0.789. The molecule has 0 spiro atoms. The molecule has 1 aromatic heterocycles. The highest BCUT2D eigenvalue weighted by molar-refractivity contribution is 5.74. The second kappa shape index (κ2) is 6.03. The second-order valence-corrected chi connectivity index (χ2v) is 5.91. The van der Waals surface area contributed by atoms with Crippen LogP contribution in [0.3, 0.4) is 0 Å². The van der Waals surface area contributed by atoms with E-state index in [4.69, 9.17) is 4.74 Å². The van der Waals surface area contributed by atoms with E-state index in [0.717, 1.165) is 30.4 Å². The van der Waals surface area contributed by atoms with Gasteiger partial charge >= 0.3 is 6.09 Å². The molecule has 108 valence electrons. The number of hydrogen-bond acceptors (Lipinski definition) is 4. The van der Waals surface area contributed by atoms with Crippen LogP contribution in [0.1, 0.15) is 45.6 Å². The monoisotopic (exact) mass is 275 g/mol. The summed E-state index contributed by atoms with van der Waals surface area (Å²) in [6, 6.07) is 0. The van der Waals surface area contributed by atoms with E-state index >= 15 is 0 Å². The molecule has 0 fully saturated rings. The molecular formula is C15H21N3O2. The smallest absolute Gasteiger partial charge is 0.414 e. The summed E-state index contributed by atoms with van der Waals surface area (Å²) in [5, 5.41) is 0. The van der Waals surface area contributed by atoms with E-state index in [0.29, 0.717) is 6.54 Å². The van der Waals surface area contributed by atoms with Gasteiger partial charge in [0.15, 0.2) is 0 Å². The fourth-order valence-electron chi connectivity index (χ4n) is 2.06. The highest BCUT2D eigenvalue weighted by Gasteiger charge is 2.22. The Labute approximate surface area is 119 Å². The molecule has 0 unspecified atom stereocenters. The van der Waals surface area contributed by atoms with E-state index in [1.54, 1.807) is 17.3 Å². The third-order valence-electron chi connectivity index (χ3n) is 2.97. The number of ether oxygens (including phenoxy) is 1. The van der Waals surface area contributed by atoms with E-state index in [-0.39, 0.29) is 6.09 Å². The fourth-order valence-corrected chi connectivity index (χ4v) is 2.06. The van der Waals surface area contributed by atoms with Crippen LogP contribution in [0.25, 0.3) is 5.57 Å². The molecule has 0 aromatic carbocycles. The second-order valence-electron chi connectivity index (χ2n) is 5.91. The average molecular weight is 275 g/mol. The number of aromatic nitrogens is 2. The summed E-state index contributed by atoms with van der Waals surface area (Å²) >= 11 is 0. The molecule has 0 N–H and O–H groups in total. The first-order valence-corrected chi connectivity index (χ1v) is 6.91. The van der Waals surface area contributed by atoms with Crippen LogP contribution in [0.2, 0.25) is 0 Å². The number of carbonyl (C=O) groups excluding carboxylic acids is 1. The minimum absolute atomic E-state index is 0.297. The lowest BCUT2D eigenvalue weighted by atomic mass is 10.1. The zero-order valence-corrected chi connectivity index (χ0v) is 12.3. The third-order valence-corrected chi connectivity index (χ3v) is 2.97. The van der Waals surface area contributed by atoms with Crippen molar-refractivity contribution in [3.63, 3.8) is 0 Å². The van der Waals surface area contributed by atoms with Gasteiger partial charge in [-0.05, 0) is 45.6 Å². The molecule has 1 amide bonds. The number of nitrogens with zero attached hydrogens (tertiary/aromatic N) is 3. The number of carbonyl (C=O) groups is 1. The van der Waals surface area contributed by atoms with Gasteiger partial charge in [-0.15, -0.1) is 0 Å². The SMILES string of the molecule is CC(C)(C)OC(=O)N1C=C(c2cncnc2)CCCC1. The third kappa shape index (κ3) is 4.05. The molecule has 0 bridgehead atoms. The maximum atomic E-state index is 12.2. The predicted molar refractivity (Wildman–Crippen MR) is 76.8 cm³/mol. The van der Waals surface area contributed by atoms with Crippen molar-refractivity contribution in [2.24, 2.45) is 0 Å². The van der Waals surface area contributed by atoms with Crippen molar-refractivity contribution >= 4 is 11.7 Å². The Morgan fingerprint density at radius 2 is 1.95 bits per heavy atom. The van der Waals surface area contributed by atoms with Crippen LogP contribution in [-0.2, 0) is 4.74 Å². The predicted octanol–water partition coefficient (Wildman–Crippen LogP) is 3.24. The van der Waals surface area contributed by atoms with Gasteiger partial charge < -0.3 is 4.74 Å². The van der Waals surface area contributed by atoms with Gasteiger partial charge in [-0.2, -0.15) is 0 Å². The summed E-state index contributed by atoms with van der Waals surface area (Å²) in [5.41, 5.74) is 1.56. The molecule has 20 heavy (non-hydrogen) atoms.